The Kier molecular flexibility index (Phi) is 6.28. The Bertz CT molecular complexity index is 515. The van der Waals surface area contributed by atoms with E-state index in [9.17, 15) is 19.7 Å². The highest BCUT2D eigenvalue weighted by atomic mass is 16.6. The van der Waals surface area contributed by atoms with Crippen molar-refractivity contribution in [3.8, 4) is 0 Å². The molecule has 1 atom stereocenters. The molecule has 114 valence electrons. The van der Waals surface area contributed by atoms with Crippen LogP contribution in [0.1, 0.15) is 12.5 Å². The molecule has 0 bridgehead atoms. The summed E-state index contributed by atoms with van der Waals surface area (Å²) in [6.45, 7) is 2.16. The maximum absolute atomic E-state index is 11.6. The lowest BCUT2D eigenvalue weighted by atomic mass is 10.1. The van der Waals surface area contributed by atoms with Gasteiger partial charge in [-0.3, -0.25) is 20.2 Å². The molecule has 0 radical (unpaired) electrons. The number of hydrogen-bond donors (Lipinski definition) is 3. The fourth-order valence-electron chi connectivity index (χ4n) is 1.59. The van der Waals surface area contributed by atoms with Crippen LogP contribution >= 0.6 is 0 Å². The van der Waals surface area contributed by atoms with Crippen LogP contribution in [-0.2, 0) is 11.2 Å². The van der Waals surface area contributed by atoms with Gasteiger partial charge in [0, 0.05) is 19.2 Å². The molecule has 3 amide bonds. The van der Waals surface area contributed by atoms with Gasteiger partial charge in [-0.2, -0.15) is 0 Å². The van der Waals surface area contributed by atoms with Gasteiger partial charge in [0.05, 0.1) is 11.0 Å². The first-order valence-electron chi connectivity index (χ1n) is 6.43. The van der Waals surface area contributed by atoms with Crippen molar-refractivity contribution in [1.82, 2.24) is 16.0 Å². The molecule has 0 heterocycles. The summed E-state index contributed by atoms with van der Waals surface area (Å²) in [6, 6.07) is 5.17. The molecule has 0 aromatic heterocycles. The number of nitro benzene ring substituents is 1. The van der Waals surface area contributed by atoms with E-state index in [2.05, 4.69) is 16.0 Å². The topological polar surface area (TPSA) is 113 Å². The second kappa shape index (κ2) is 7.95. The lowest BCUT2D eigenvalue weighted by molar-refractivity contribution is -0.384. The summed E-state index contributed by atoms with van der Waals surface area (Å²) < 4.78 is 0. The first kappa shape index (κ1) is 16.6. The molecule has 0 spiro atoms. The lowest BCUT2D eigenvalue weighted by Gasteiger charge is -2.13. The molecule has 1 aromatic carbocycles. The van der Waals surface area contributed by atoms with Crippen LogP contribution in [0.15, 0.2) is 24.3 Å². The van der Waals surface area contributed by atoms with Crippen LogP contribution in [0.5, 0.6) is 0 Å². The molecule has 0 saturated carbocycles. The Balaban J connectivity index is 2.37. The van der Waals surface area contributed by atoms with Crippen LogP contribution in [0.3, 0.4) is 0 Å². The van der Waals surface area contributed by atoms with Gasteiger partial charge in [0.2, 0.25) is 5.91 Å². The number of carbonyl (C=O) groups excluding carboxylic acids is 2. The van der Waals surface area contributed by atoms with Crippen molar-refractivity contribution < 1.29 is 14.5 Å². The monoisotopic (exact) mass is 294 g/mol. The van der Waals surface area contributed by atoms with E-state index in [1.165, 1.54) is 19.2 Å². The highest BCUT2D eigenvalue weighted by Crippen LogP contribution is 2.11. The third-order valence-electron chi connectivity index (χ3n) is 2.87. The van der Waals surface area contributed by atoms with Crippen LogP contribution < -0.4 is 16.0 Å². The molecule has 0 aliphatic heterocycles. The normalized spacial score (nSPS) is 11.5. The average Bonchev–Trinajstić information content (AvgIpc) is 2.47. The van der Waals surface area contributed by atoms with E-state index < -0.39 is 22.9 Å². The average molecular weight is 294 g/mol. The number of rotatable bonds is 6. The third-order valence-corrected chi connectivity index (χ3v) is 2.87. The maximum atomic E-state index is 11.6. The van der Waals surface area contributed by atoms with Gasteiger partial charge >= 0.3 is 6.03 Å². The van der Waals surface area contributed by atoms with E-state index in [4.69, 9.17) is 0 Å². The SMILES string of the molecule is CNC(=O)NC(=O)C(C)NCCc1ccc([N+](=O)[O-])cc1. The molecule has 1 unspecified atom stereocenters. The first-order chi connectivity index (χ1) is 9.93. The number of imide groups is 1. The van der Waals surface area contributed by atoms with Crippen molar-refractivity contribution in [1.29, 1.82) is 0 Å². The molecule has 0 saturated heterocycles. The zero-order valence-corrected chi connectivity index (χ0v) is 11.9. The van der Waals surface area contributed by atoms with Crippen molar-refractivity contribution >= 4 is 17.6 Å². The molecular weight excluding hydrogens is 276 g/mol. The Hall–Kier alpha value is -2.48. The molecule has 0 aliphatic rings. The summed E-state index contributed by atoms with van der Waals surface area (Å²) in [6.07, 6.45) is 0.621. The maximum Gasteiger partial charge on any atom is 0.321 e. The zero-order valence-electron chi connectivity index (χ0n) is 11.9. The van der Waals surface area contributed by atoms with E-state index in [0.717, 1.165) is 5.56 Å². The minimum atomic E-state index is -0.552. The molecule has 8 nitrogen and oxygen atoms in total. The molecular formula is C13H18N4O4. The van der Waals surface area contributed by atoms with Gasteiger partial charge in [0.25, 0.3) is 5.69 Å². The van der Waals surface area contributed by atoms with Crippen molar-refractivity contribution in [3.05, 3.63) is 39.9 Å². The summed E-state index contributed by atoms with van der Waals surface area (Å²) in [4.78, 5) is 32.6. The van der Waals surface area contributed by atoms with Gasteiger partial charge in [-0.25, -0.2) is 4.79 Å². The van der Waals surface area contributed by atoms with Crippen LogP contribution in [-0.4, -0.2) is 36.5 Å². The first-order valence-corrected chi connectivity index (χ1v) is 6.43. The van der Waals surface area contributed by atoms with E-state index in [-0.39, 0.29) is 5.69 Å². The molecule has 8 heteroatoms. The molecule has 1 rings (SSSR count). The molecule has 21 heavy (non-hydrogen) atoms. The summed E-state index contributed by atoms with van der Waals surface area (Å²) >= 11 is 0. The van der Waals surface area contributed by atoms with Gasteiger partial charge in [0.1, 0.15) is 0 Å². The largest absolute Gasteiger partial charge is 0.341 e. The highest BCUT2D eigenvalue weighted by Gasteiger charge is 2.14. The number of non-ortho nitro benzene ring substituents is 1. The van der Waals surface area contributed by atoms with Crippen molar-refractivity contribution in [2.45, 2.75) is 19.4 Å². The van der Waals surface area contributed by atoms with Gasteiger partial charge < -0.3 is 10.6 Å². The van der Waals surface area contributed by atoms with E-state index in [1.54, 1.807) is 19.1 Å². The number of benzene rings is 1. The van der Waals surface area contributed by atoms with Crippen LogP contribution in [0.25, 0.3) is 0 Å². The Morgan fingerprint density at radius 1 is 1.29 bits per heavy atom. The van der Waals surface area contributed by atoms with Crippen molar-refractivity contribution in [2.24, 2.45) is 0 Å². The number of nitrogens with one attached hydrogen (secondary N) is 3. The minimum Gasteiger partial charge on any atom is -0.341 e. The van der Waals surface area contributed by atoms with Gasteiger partial charge in [0.15, 0.2) is 0 Å². The van der Waals surface area contributed by atoms with Crippen molar-refractivity contribution in [3.63, 3.8) is 0 Å². The Labute approximate surface area is 122 Å². The molecule has 3 N–H and O–H groups in total. The predicted molar refractivity (Wildman–Crippen MR) is 76.9 cm³/mol. The van der Waals surface area contributed by atoms with Gasteiger partial charge in [-0.15, -0.1) is 0 Å². The zero-order chi connectivity index (χ0) is 15.8. The highest BCUT2D eigenvalue weighted by molar-refractivity contribution is 5.96. The number of nitro groups is 1. The smallest absolute Gasteiger partial charge is 0.321 e. The fraction of sp³-hybridized carbons (Fsp3) is 0.385. The molecule has 1 aromatic rings. The van der Waals surface area contributed by atoms with E-state index in [1.807, 2.05) is 0 Å². The minimum absolute atomic E-state index is 0.0463. The number of hydrogen-bond acceptors (Lipinski definition) is 5. The summed E-state index contributed by atoms with van der Waals surface area (Å²) in [5, 5.41) is 18.0. The van der Waals surface area contributed by atoms with Crippen LogP contribution in [0, 0.1) is 10.1 Å². The van der Waals surface area contributed by atoms with E-state index in [0.29, 0.717) is 13.0 Å². The second-order valence-electron chi connectivity index (χ2n) is 4.42. The quantitative estimate of drug-likeness (QED) is 0.524. The van der Waals surface area contributed by atoms with Crippen LogP contribution in [0.4, 0.5) is 10.5 Å². The van der Waals surface area contributed by atoms with Crippen LogP contribution in [0.2, 0.25) is 0 Å². The lowest BCUT2D eigenvalue weighted by Crippen LogP contribution is -2.47. The molecule has 0 aliphatic carbocycles. The predicted octanol–water partition coefficient (Wildman–Crippen LogP) is 0.571. The number of nitrogens with zero attached hydrogens (tertiary/aromatic N) is 1. The summed E-state index contributed by atoms with van der Waals surface area (Å²) in [7, 11) is 1.43. The van der Waals surface area contributed by atoms with E-state index >= 15 is 0 Å². The number of urea groups is 1. The molecule has 0 fully saturated rings. The van der Waals surface area contributed by atoms with Crippen molar-refractivity contribution in [2.75, 3.05) is 13.6 Å². The number of amides is 3. The third kappa shape index (κ3) is 5.57. The second-order valence-corrected chi connectivity index (χ2v) is 4.42. The summed E-state index contributed by atoms with van der Waals surface area (Å²) in [5.74, 6) is -0.418. The fourth-order valence-corrected chi connectivity index (χ4v) is 1.59. The summed E-state index contributed by atoms with van der Waals surface area (Å²) in [5.41, 5.74) is 0.969. The Morgan fingerprint density at radius 2 is 1.90 bits per heavy atom. The van der Waals surface area contributed by atoms with Gasteiger partial charge in [-0.1, -0.05) is 12.1 Å². The Morgan fingerprint density at radius 3 is 2.43 bits per heavy atom. The number of carbonyl (C=O) groups is 2. The van der Waals surface area contributed by atoms with Gasteiger partial charge in [-0.05, 0) is 25.5 Å². The standard InChI is InChI=1S/C13H18N4O4/c1-9(12(18)16-13(19)14-2)15-8-7-10-3-5-11(6-4-10)17(20)21/h3-6,9,15H,7-8H2,1-2H3,(H2,14,16,18,19).